The first kappa shape index (κ1) is 19.7. The van der Waals surface area contributed by atoms with Gasteiger partial charge in [-0.25, -0.2) is 0 Å². The average Bonchev–Trinajstić information content (AvgIpc) is 3.30. The fraction of sp³-hybridized carbons (Fsp3) is 0.333. The van der Waals surface area contributed by atoms with Crippen LogP contribution in [-0.2, 0) is 4.79 Å². The van der Waals surface area contributed by atoms with Crippen molar-refractivity contribution < 1.29 is 23.8 Å². The minimum absolute atomic E-state index is 0.0370. The number of benzene rings is 1. The molecule has 0 saturated heterocycles. The first-order chi connectivity index (χ1) is 13.4. The number of aliphatic hydroxyl groups is 1. The van der Waals surface area contributed by atoms with E-state index < -0.39 is 23.5 Å². The van der Waals surface area contributed by atoms with Gasteiger partial charge >= 0.3 is 0 Å². The molecule has 1 amide bonds. The Morgan fingerprint density at radius 2 is 1.96 bits per heavy atom. The number of nitrogens with zero attached hydrogens (tertiary/aromatic N) is 2. The van der Waals surface area contributed by atoms with Crippen molar-refractivity contribution in [3.05, 3.63) is 65.3 Å². The van der Waals surface area contributed by atoms with Gasteiger partial charge in [0.2, 0.25) is 5.78 Å². The molecule has 7 heteroatoms. The number of Topliss-reactive ketones (excluding diaryl/α,β-unsaturated/α-hetero) is 1. The maximum atomic E-state index is 13.0. The van der Waals surface area contributed by atoms with Crippen molar-refractivity contribution in [3.63, 3.8) is 0 Å². The number of furan rings is 1. The van der Waals surface area contributed by atoms with E-state index in [4.69, 9.17) is 9.15 Å². The Morgan fingerprint density at radius 3 is 2.54 bits per heavy atom. The van der Waals surface area contributed by atoms with Gasteiger partial charge < -0.3 is 24.1 Å². The molecule has 28 heavy (non-hydrogen) atoms. The second kappa shape index (κ2) is 8.31. The topological polar surface area (TPSA) is 83.2 Å². The number of rotatable bonds is 8. The van der Waals surface area contributed by atoms with Gasteiger partial charge in [-0.3, -0.25) is 9.59 Å². The molecule has 1 aromatic heterocycles. The third kappa shape index (κ3) is 3.80. The van der Waals surface area contributed by atoms with Gasteiger partial charge in [0.1, 0.15) is 5.75 Å². The monoisotopic (exact) mass is 384 g/mol. The summed E-state index contributed by atoms with van der Waals surface area (Å²) in [5.74, 6) is -0.810. The summed E-state index contributed by atoms with van der Waals surface area (Å²) in [6.45, 7) is 1.19. The number of carbonyl (C=O) groups excluding carboxylic acids is 2. The number of carbonyl (C=O) groups is 2. The van der Waals surface area contributed by atoms with Gasteiger partial charge in [0.05, 0.1) is 25.0 Å². The number of hydrogen-bond donors (Lipinski definition) is 1. The molecule has 0 spiro atoms. The van der Waals surface area contributed by atoms with Crippen molar-refractivity contribution in [3.8, 4) is 5.75 Å². The molecule has 3 rings (SSSR count). The smallest absolute Gasteiger partial charge is 0.290 e. The van der Waals surface area contributed by atoms with E-state index >= 15 is 0 Å². The van der Waals surface area contributed by atoms with E-state index in [0.717, 1.165) is 12.1 Å². The van der Waals surface area contributed by atoms with Gasteiger partial charge in [0, 0.05) is 6.54 Å². The molecule has 0 bridgehead atoms. The molecule has 1 aliphatic rings. The molecule has 0 saturated carbocycles. The summed E-state index contributed by atoms with van der Waals surface area (Å²) < 4.78 is 10.4. The second-order valence-electron chi connectivity index (χ2n) is 6.90. The van der Waals surface area contributed by atoms with Gasteiger partial charge in [-0.2, -0.15) is 0 Å². The second-order valence-corrected chi connectivity index (χ2v) is 6.90. The summed E-state index contributed by atoms with van der Waals surface area (Å²) in [5.41, 5.74) is 0.757. The van der Waals surface area contributed by atoms with Crippen LogP contribution in [0.2, 0.25) is 0 Å². The SMILES string of the molecule is COc1ccc([C@@H]2C(C(=O)c3ccco3)=C(O)C(=O)N2CCCN(C)C)cc1. The lowest BCUT2D eigenvalue weighted by Gasteiger charge is -2.27. The van der Waals surface area contributed by atoms with Gasteiger partial charge in [0.25, 0.3) is 5.91 Å². The quantitative estimate of drug-likeness (QED) is 0.705. The van der Waals surface area contributed by atoms with Crippen molar-refractivity contribution in [2.45, 2.75) is 12.5 Å². The minimum atomic E-state index is -0.682. The van der Waals surface area contributed by atoms with Crippen molar-refractivity contribution in [1.82, 2.24) is 9.80 Å². The van der Waals surface area contributed by atoms with Crippen LogP contribution in [0, 0.1) is 0 Å². The van der Waals surface area contributed by atoms with E-state index in [0.29, 0.717) is 18.7 Å². The fourth-order valence-corrected chi connectivity index (χ4v) is 3.35. The highest BCUT2D eigenvalue weighted by Gasteiger charge is 2.44. The maximum Gasteiger partial charge on any atom is 0.290 e. The van der Waals surface area contributed by atoms with E-state index in [9.17, 15) is 14.7 Å². The Bertz CT molecular complexity index is 869. The first-order valence-electron chi connectivity index (χ1n) is 9.05. The van der Waals surface area contributed by atoms with Crippen LogP contribution < -0.4 is 4.74 Å². The predicted octanol–water partition coefficient (Wildman–Crippen LogP) is 2.82. The zero-order valence-electron chi connectivity index (χ0n) is 16.2. The number of aliphatic hydroxyl groups excluding tert-OH is 1. The zero-order chi connectivity index (χ0) is 20.3. The van der Waals surface area contributed by atoms with Crippen LogP contribution in [-0.4, -0.2) is 60.9 Å². The summed E-state index contributed by atoms with van der Waals surface area (Å²) >= 11 is 0. The summed E-state index contributed by atoms with van der Waals surface area (Å²) in [4.78, 5) is 29.3. The van der Waals surface area contributed by atoms with Crippen LogP contribution >= 0.6 is 0 Å². The number of amides is 1. The molecular weight excluding hydrogens is 360 g/mol. The first-order valence-corrected chi connectivity index (χ1v) is 9.05. The summed E-state index contributed by atoms with van der Waals surface area (Å²) in [5, 5.41) is 10.5. The van der Waals surface area contributed by atoms with E-state index in [2.05, 4.69) is 0 Å². The Balaban J connectivity index is 1.99. The van der Waals surface area contributed by atoms with Crippen LogP contribution in [0.25, 0.3) is 0 Å². The van der Waals surface area contributed by atoms with Crippen molar-refractivity contribution in [1.29, 1.82) is 0 Å². The number of hydrogen-bond acceptors (Lipinski definition) is 6. The average molecular weight is 384 g/mol. The van der Waals surface area contributed by atoms with E-state index in [-0.39, 0.29) is 11.3 Å². The molecule has 148 valence electrons. The molecular formula is C21H24N2O5. The van der Waals surface area contributed by atoms with Gasteiger partial charge in [0.15, 0.2) is 11.5 Å². The molecule has 0 radical (unpaired) electrons. The third-order valence-electron chi connectivity index (χ3n) is 4.73. The number of ether oxygens (including phenoxy) is 1. The Morgan fingerprint density at radius 1 is 1.25 bits per heavy atom. The van der Waals surface area contributed by atoms with Crippen LogP contribution in [0.15, 0.2) is 58.4 Å². The van der Waals surface area contributed by atoms with Crippen LogP contribution in [0.1, 0.15) is 28.6 Å². The third-order valence-corrected chi connectivity index (χ3v) is 4.73. The highest BCUT2D eigenvalue weighted by molar-refractivity contribution is 6.15. The molecule has 1 aliphatic heterocycles. The van der Waals surface area contributed by atoms with E-state index in [1.807, 2.05) is 19.0 Å². The molecule has 1 aromatic carbocycles. The van der Waals surface area contributed by atoms with Gasteiger partial charge in [-0.1, -0.05) is 12.1 Å². The largest absolute Gasteiger partial charge is 0.503 e. The van der Waals surface area contributed by atoms with Crippen LogP contribution in [0.3, 0.4) is 0 Å². The fourth-order valence-electron chi connectivity index (χ4n) is 3.35. The van der Waals surface area contributed by atoms with Crippen LogP contribution in [0.5, 0.6) is 5.75 Å². The molecule has 2 heterocycles. The highest BCUT2D eigenvalue weighted by atomic mass is 16.5. The molecule has 1 atom stereocenters. The summed E-state index contributed by atoms with van der Waals surface area (Å²) in [6, 6.07) is 9.56. The normalized spacial score (nSPS) is 16.9. The maximum absolute atomic E-state index is 13.0. The Kier molecular flexibility index (Phi) is 5.84. The lowest BCUT2D eigenvalue weighted by atomic mass is 9.95. The van der Waals surface area contributed by atoms with Crippen molar-refractivity contribution in [2.75, 3.05) is 34.3 Å². The highest BCUT2D eigenvalue weighted by Crippen LogP contribution is 2.39. The van der Waals surface area contributed by atoms with Gasteiger partial charge in [-0.15, -0.1) is 0 Å². The Labute approximate surface area is 163 Å². The lowest BCUT2D eigenvalue weighted by Crippen LogP contribution is -2.33. The zero-order valence-corrected chi connectivity index (χ0v) is 16.2. The molecule has 0 fully saturated rings. The summed E-state index contributed by atoms with van der Waals surface area (Å²) in [6.07, 6.45) is 2.10. The number of ketones is 1. The summed E-state index contributed by atoms with van der Waals surface area (Å²) in [7, 11) is 5.47. The Hall–Kier alpha value is -3.06. The van der Waals surface area contributed by atoms with Gasteiger partial charge in [-0.05, 0) is 56.9 Å². The number of methoxy groups -OCH3 is 1. The predicted molar refractivity (Wildman–Crippen MR) is 103 cm³/mol. The molecule has 7 nitrogen and oxygen atoms in total. The molecule has 2 aromatic rings. The standard InChI is InChI=1S/C21H24N2O5/c1-22(2)11-5-12-23-18(14-7-9-15(27-3)10-8-14)17(20(25)21(23)26)19(24)16-6-4-13-28-16/h4,6-10,13,18,25H,5,11-12H2,1-3H3/t18-/m1/s1. The minimum Gasteiger partial charge on any atom is -0.503 e. The van der Waals surface area contributed by atoms with E-state index in [1.54, 1.807) is 37.4 Å². The molecule has 0 unspecified atom stereocenters. The van der Waals surface area contributed by atoms with Crippen molar-refractivity contribution >= 4 is 11.7 Å². The van der Waals surface area contributed by atoms with Crippen LogP contribution in [0.4, 0.5) is 0 Å². The lowest BCUT2D eigenvalue weighted by molar-refractivity contribution is -0.129. The van der Waals surface area contributed by atoms with Crippen molar-refractivity contribution in [2.24, 2.45) is 0 Å². The van der Waals surface area contributed by atoms with E-state index in [1.165, 1.54) is 17.2 Å². The molecule has 1 N–H and O–H groups in total. The molecule has 0 aliphatic carbocycles.